The van der Waals surface area contributed by atoms with Crippen molar-refractivity contribution < 1.29 is 19.7 Å². The van der Waals surface area contributed by atoms with E-state index in [2.05, 4.69) is 31.2 Å². The molecule has 0 fully saturated rings. The van der Waals surface area contributed by atoms with Gasteiger partial charge in [0.2, 0.25) is 6.10 Å². The number of carbonyl (C=O) groups excluding carboxylic acids is 1. The standard InChI is InChI=1S/C15H21BN2O4/c1-15(2,3)11-6-4-10(5-7-11)12-8-13(22-18-12)14(19)17-9-16(20)21/h4-7,13,20-21H,8-9H2,1-3H3,(H,17,19). The summed E-state index contributed by atoms with van der Waals surface area (Å²) < 4.78 is 0. The Morgan fingerprint density at radius 1 is 1.36 bits per heavy atom. The van der Waals surface area contributed by atoms with Crippen molar-refractivity contribution in [1.29, 1.82) is 0 Å². The molecule has 2 rings (SSSR count). The number of nitrogens with one attached hydrogen (secondary N) is 1. The number of amides is 1. The quantitative estimate of drug-likeness (QED) is 0.711. The molecule has 0 radical (unpaired) electrons. The number of nitrogens with zero attached hydrogens (tertiary/aromatic N) is 1. The zero-order chi connectivity index (χ0) is 16.3. The highest BCUT2D eigenvalue weighted by Gasteiger charge is 2.29. The summed E-state index contributed by atoms with van der Waals surface area (Å²) in [6.45, 7) is 6.44. The van der Waals surface area contributed by atoms with Gasteiger partial charge in [-0.05, 0) is 16.5 Å². The summed E-state index contributed by atoms with van der Waals surface area (Å²) in [5, 5.41) is 23.8. The van der Waals surface area contributed by atoms with Crippen molar-refractivity contribution in [1.82, 2.24) is 5.32 Å². The molecular weight excluding hydrogens is 283 g/mol. The first kappa shape index (κ1) is 16.5. The van der Waals surface area contributed by atoms with Gasteiger partial charge in [-0.2, -0.15) is 0 Å². The summed E-state index contributed by atoms with van der Waals surface area (Å²) in [6, 6.07) is 8.04. The summed E-state index contributed by atoms with van der Waals surface area (Å²) >= 11 is 0. The predicted molar refractivity (Wildman–Crippen MR) is 84.4 cm³/mol. The maximum Gasteiger partial charge on any atom is 0.472 e. The van der Waals surface area contributed by atoms with Crippen molar-refractivity contribution in [2.45, 2.75) is 38.7 Å². The molecule has 1 aromatic carbocycles. The summed E-state index contributed by atoms with van der Waals surface area (Å²) in [5.74, 6) is -0.404. The molecule has 0 saturated heterocycles. The molecule has 0 saturated carbocycles. The van der Waals surface area contributed by atoms with Gasteiger partial charge < -0.3 is 20.2 Å². The van der Waals surface area contributed by atoms with E-state index in [4.69, 9.17) is 14.9 Å². The zero-order valence-corrected chi connectivity index (χ0v) is 13.0. The minimum Gasteiger partial charge on any atom is -0.426 e. The Morgan fingerprint density at radius 3 is 2.55 bits per heavy atom. The largest absolute Gasteiger partial charge is 0.472 e. The van der Waals surface area contributed by atoms with E-state index in [0.29, 0.717) is 12.1 Å². The van der Waals surface area contributed by atoms with E-state index in [-0.39, 0.29) is 11.9 Å². The van der Waals surface area contributed by atoms with E-state index in [0.717, 1.165) is 5.56 Å². The number of benzene rings is 1. The second-order valence-electron chi connectivity index (χ2n) is 6.39. The number of oxime groups is 1. The van der Waals surface area contributed by atoms with Crippen LogP contribution < -0.4 is 5.32 Å². The van der Waals surface area contributed by atoms with Gasteiger partial charge in [0.25, 0.3) is 5.91 Å². The van der Waals surface area contributed by atoms with E-state index in [1.165, 1.54) is 5.56 Å². The maximum absolute atomic E-state index is 11.8. The van der Waals surface area contributed by atoms with Gasteiger partial charge in [0.05, 0.1) is 12.2 Å². The van der Waals surface area contributed by atoms with Crippen LogP contribution >= 0.6 is 0 Å². The smallest absolute Gasteiger partial charge is 0.426 e. The Bertz CT molecular complexity index is 564. The molecule has 1 unspecified atom stereocenters. The Kier molecular flexibility index (Phi) is 4.88. The van der Waals surface area contributed by atoms with Gasteiger partial charge in [-0.3, -0.25) is 4.79 Å². The highest BCUT2D eigenvalue weighted by Crippen LogP contribution is 2.24. The van der Waals surface area contributed by atoms with E-state index >= 15 is 0 Å². The van der Waals surface area contributed by atoms with E-state index in [9.17, 15) is 4.79 Å². The molecule has 1 amide bonds. The fourth-order valence-electron chi connectivity index (χ4n) is 2.16. The van der Waals surface area contributed by atoms with Crippen LogP contribution in [0.15, 0.2) is 29.4 Å². The highest BCUT2D eigenvalue weighted by molar-refractivity contribution is 6.41. The van der Waals surface area contributed by atoms with Crippen LogP contribution in [-0.4, -0.2) is 41.3 Å². The lowest BCUT2D eigenvalue weighted by Crippen LogP contribution is -2.41. The van der Waals surface area contributed by atoms with Crippen molar-refractivity contribution >= 4 is 18.7 Å². The molecule has 1 aliphatic rings. The van der Waals surface area contributed by atoms with Crippen molar-refractivity contribution in [2.24, 2.45) is 5.16 Å². The molecule has 1 atom stereocenters. The fraction of sp³-hybridized carbons (Fsp3) is 0.467. The van der Waals surface area contributed by atoms with Gasteiger partial charge in [-0.25, -0.2) is 0 Å². The molecule has 0 bridgehead atoms. The second kappa shape index (κ2) is 6.50. The number of hydrogen-bond acceptors (Lipinski definition) is 5. The molecular formula is C15H21BN2O4. The summed E-state index contributed by atoms with van der Waals surface area (Å²) in [7, 11) is -1.57. The second-order valence-corrected chi connectivity index (χ2v) is 6.39. The van der Waals surface area contributed by atoms with E-state index in [1.807, 2.05) is 24.3 Å². The van der Waals surface area contributed by atoms with Crippen LogP contribution in [-0.2, 0) is 15.0 Å². The first-order valence-corrected chi connectivity index (χ1v) is 7.25. The molecule has 3 N–H and O–H groups in total. The first-order chi connectivity index (χ1) is 10.3. The molecule has 7 heteroatoms. The average Bonchev–Trinajstić information content (AvgIpc) is 2.93. The van der Waals surface area contributed by atoms with Crippen LogP contribution in [0.3, 0.4) is 0 Å². The van der Waals surface area contributed by atoms with Gasteiger partial charge >= 0.3 is 7.12 Å². The van der Waals surface area contributed by atoms with Crippen LogP contribution in [0.4, 0.5) is 0 Å². The third-order valence-corrected chi connectivity index (χ3v) is 3.50. The Balaban J connectivity index is 1.97. The molecule has 22 heavy (non-hydrogen) atoms. The molecule has 6 nitrogen and oxygen atoms in total. The van der Waals surface area contributed by atoms with Crippen LogP contribution in [0, 0.1) is 0 Å². The topological polar surface area (TPSA) is 91.2 Å². The van der Waals surface area contributed by atoms with Gasteiger partial charge in [-0.1, -0.05) is 50.2 Å². The Morgan fingerprint density at radius 2 is 2.00 bits per heavy atom. The van der Waals surface area contributed by atoms with Gasteiger partial charge in [0.1, 0.15) is 0 Å². The lowest BCUT2D eigenvalue weighted by Gasteiger charge is -2.19. The molecule has 0 spiro atoms. The van der Waals surface area contributed by atoms with Crippen LogP contribution in [0.5, 0.6) is 0 Å². The van der Waals surface area contributed by atoms with Gasteiger partial charge in [0.15, 0.2) is 0 Å². The van der Waals surface area contributed by atoms with E-state index in [1.54, 1.807) is 0 Å². The molecule has 1 heterocycles. The van der Waals surface area contributed by atoms with Crippen molar-refractivity contribution in [2.75, 3.05) is 6.44 Å². The lowest BCUT2D eigenvalue weighted by atomic mass is 9.86. The third kappa shape index (κ3) is 4.08. The van der Waals surface area contributed by atoms with E-state index < -0.39 is 19.1 Å². The monoisotopic (exact) mass is 304 g/mol. The van der Waals surface area contributed by atoms with Crippen LogP contribution in [0.25, 0.3) is 0 Å². The average molecular weight is 304 g/mol. The highest BCUT2D eigenvalue weighted by atomic mass is 16.6. The molecule has 0 aliphatic carbocycles. The SMILES string of the molecule is CC(C)(C)c1ccc(C2=NOC(C(=O)NCB(O)O)C2)cc1. The van der Waals surface area contributed by atoms with Crippen LogP contribution in [0.2, 0.25) is 0 Å². The molecule has 1 aromatic rings. The maximum atomic E-state index is 11.8. The molecule has 0 aromatic heterocycles. The summed E-state index contributed by atoms with van der Waals surface area (Å²) in [5.41, 5.74) is 2.94. The fourth-order valence-corrected chi connectivity index (χ4v) is 2.16. The first-order valence-electron chi connectivity index (χ1n) is 7.25. The zero-order valence-electron chi connectivity index (χ0n) is 13.0. The third-order valence-electron chi connectivity index (χ3n) is 3.50. The number of carbonyl (C=O) groups is 1. The summed E-state index contributed by atoms with van der Waals surface area (Å²) in [4.78, 5) is 16.9. The summed E-state index contributed by atoms with van der Waals surface area (Å²) in [6.07, 6.45) is -0.590. The number of rotatable bonds is 4. The minimum absolute atomic E-state index is 0.0834. The van der Waals surface area contributed by atoms with Crippen molar-refractivity contribution in [3.63, 3.8) is 0 Å². The normalized spacial score (nSPS) is 17.7. The van der Waals surface area contributed by atoms with Gasteiger partial charge in [-0.15, -0.1) is 0 Å². The number of hydrogen-bond donors (Lipinski definition) is 3. The minimum atomic E-state index is -1.57. The molecule has 1 aliphatic heterocycles. The molecule has 118 valence electrons. The lowest BCUT2D eigenvalue weighted by molar-refractivity contribution is -0.130. The van der Waals surface area contributed by atoms with Crippen LogP contribution in [0.1, 0.15) is 38.3 Å². The predicted octanol–water partition coefficient (Wildman–Crippen LogP) is 0.605. The van der Waals surface area contributed by atoms with Crippen molar-refractivity contribution in [3.05, 3.63) is 35.4 Å². The Labute approximate surface area is 130 Å². The van der Waals surface area contributed by atoms with Gasteiger partial charge in [0, 0.05) is 6.42 Å². The Hall–Kier alpha value is -1.86. The van der Waals surface area contributed by atoms with Crippen molar-refractivity contribution in [3.8, 4) is 0 Å².